The first kappa shape index (κ1) is 16.7. The molecule has 124 valence electrons. The first-order valence-corrected chi connectivity index (χ1v) is 8.40. The van der Waals surface area contributed by atoms with Crippen molar-refractivity contribution in [3.63, 3.8) is 0 Å². The van der Waals surface area contributed by atoms with E-state index in [2.05, 4.69) is 42.2 Å². The Labute approximate surface area is 148 Å². The zero-order chi connectivity index (χ0) is 17.5. The monoisotopic (exact) mass is 328 g/mol. The normalized spacial score (nSPS) is 10.9. The topological polar surface area (TPSA) is 45.9 Å². The predicted octanol–water partition coefficient (Wildman–Crippen LogP) is 5.40. The molecule has 0 aliphatic carbocycles. The van der Waals surface area contributed by atoms with Crippen LogP contribution in [0.25, 0.3) is 23.1 Å². The number of nitriles is 1. The van der Waals surface area contributed by atoms with Gasteiger partial charge >= 0.3 is 0 Å². The van der Waals surface area contributed by atoms with Crippen LogP contribution in [0.3, 0.4) is 0 Å². The second-order valence-electron chi connectivity index (χ2n) is 5.95. The van der Waals surface area contributed by atoms with Crippen molar-refractivity contribution < 1.29 is 4.74 Å². The van der Waals surface area contributed by atoms with E-state index in [0.29, 0.717) is 13.0 Å². The molecule has 0 N–H and O–H groups in total. The third-order valence-corrected chi connectivity index (χ3v) is 3.87. The number of hydrogen-bond donors (Lipinski definition) is 0. The smallest absolute Gasteiger partial charge is 0.119 e. The Balaban J connectivity index is 1.71. The summed E-state index contributed by atoms with van der Waals surface area (Å²) in [5, 5.41) is 9.70. The predicted molar refractivity (Wildman–Crippen MR) is 102 cm³/mol. The van der Waals surface area contributed by atoms with Gasteiger partial charge in [-0.2, -0.15) is 5.26 Å². The molecular formula is C22H20N2O. The molecule has 0 saturated heterocycles. The molecule has 0 spiro atoms. The van der Waals surface area contributed by atoms with E-state index in [1.54, 1.807) is 0 Å². The third-order valence-electron chi connectivity index (χ3n) is 3.87. The summed E-state index contributed by atoms with van der Waals surface area (Å²) in [5.74, 6) is 0.821. The lowest BCUT2D eigenvalue weighted by Crippen LogP contribution is -1.96. The van der Waals surface area contributed by atoms with Gasteiger partial charge in [0.05, 0.1) is 23.9 Å². The first-order chi connectivity index (χ1) is 12.2. The summed E-state index contributed by atoms with van der Waals surface area (Å²) in [7, 11) is 0. The number of fused-ring (bicyclic) bond motifs is 1. The Hall–Kier alpha value is -3.12. The highest BCUT2D eigenvalue weighted by molar-refractivity contribution is 5.81. The molecule has 0 fully saturated rings. The molecule has 3 rings (SSSR count). The molecule has 3 aromatic rings. The zero-order valence-corrected chi connectivity index (χ0v) is 14.3. The highest BCUT2D eigenvalue weighted by Crippen LogP contribution is 2.18. The maximum atomic E-state index is 8.54. The second kappa shape index (κ2) is 8.12. The van der Waals surface area contributed by atoms with Crippen molar-refractivity contribution in [1.82, 2.24) is 4.98 Å². The summed E-state index contributed by atoms with van der Waals surface area (Å²) in [5.41, 5.74) is 4.23. The Bertz CT molecular complexity index is 938. The molecule has 0 aliphatic heterocycles. The fourth-order valence-electron chi connectivity index (χ4n) is 2.58. The molecule has 0 saturated carbocycles. The number of aromatic nitrogens is 1. The van der Waals surface area contributed by atoms with Crippen LogP contribution >= 0.6 is 0 Å². The summed E-state index contributed by atoms with van der Waals surface area (Å²) < 4.78 is 5.67. The van der Waals surface area contributed by atoms with Crippen molar-refractivity contribution in [2.45, 2.75) is 19.8 Å². The lowest BCUT2D eigenvalue weighted by atomic mass is 10.1. The van der Waals surface area contributed by atoms with Gasteiger partial charge in [0.25, 0.3) is 0 Å². The van der Waals surface area contributed by atoms with Gasteiger partial charge in [-0.05, 0) is 55.3 Å². The van der Waals surface area contributed by atoms with Gasteiger partial charge in [-0.15, -0.1) is 0 Å². The van der Waals surface area contributed by atoms with E-state index in [0.717, 1.165) is 34.3 Å². The Morgan fingerprint density at radius 3 is 2.88 bits per heavy atom. The number of ether oxygens (including phenoxy) is 1. The van der Waals surface area contributed by atoms with E-state index < -0.39 is 0 Å². The van der Waals surface area contributed by atoms with Crippen LogP contribution in [0.1, 0.15) is 29.7 Å². The van der Waals surface area contributed by atoms with E-state index in [-0.39, 0.29) is 0 Å². The first-order valence-electron chi connectivity index (χ1n) is 8.40. The van der Waals surface area contributed by atoms with Crippen LogP contribution in [0.5, 0.6) is 5.75 Å². The minimum absolute atomic E-state index is 0.521. The minimum Gasteiger partial charge on any atom is -0.494 e. The SMILES string of the molecule is Cc1ccc2nc(/C=C/c3cccc(OCCCC#N)c3)ccc2c1. The lowest BCUT2D eigenvalue weighted by molar-refractivity contribution is 0.312. The van der Waals surface area contributed by atoms with Crippen molar-refractivity contribution in [3.05, 3.63) is 71.4 Å². The van der Waals surface area contributed by atoms with Gasteiger partial charge in [0.15, 0.2) is 0 Å². The molecule has 3 heteroatoms. The molecule has 25 heavy (non-hydrogen) atoms. The molecule has 0 radical (unpaired) electrons. The summed E-state index contributed by atoms with van der Waals surface area (Å²) in [4.78, 5) is 4.68. The number of benzene rings is 2. The van der Waals surface area contributed by atoms with E-state index in [1.165, 1.54) is 5.56 Å². The van der Waals surface area contributed by atoms with Crippen molar-refractivity contribution >= 4 is 23.1 Å². The van der Waals surface area contributed by atoms with Gasteiger partial charge in [0.1, 0.15) is 5.75 Å². The average molecular weight is 328 g/mol. The molecule has 2 aromatic carbocycles. The number of aryl methyl sites for hydroxylation is 1. The quantitative estimate of drug-likeness (QED) is 0.569. The lowest BCUT2D eigenvalue weighted by Gasteiger charge is -2.05. The van der Waals surface area contributed by atoms with Gasteiger partial charge < -0.3 is 4.74 Å². The highest BCUT2D eigenvalue weighted by Gasteiger charge is 1.98. The van der Waals surface area contributed by atoms with Gasteiger partial charge in [0.2, 0.25) is 0 Å². The summed E-state index contributed by atoms with van der Waals surface area (Å²) >= 11 is 0. The highest BCUT2D eigenvalue weighted by atomic mass is 16.5. The minimum atomic E-state index is 0.521. The van der Waals surface area contributed by atoms with Crippen LogP contribution in [-0.4, -0.2) is 11.6 Å². The summed E-state index contributed by atoms with van der Waals surface area (Å²) in [6, 6.07) is 20.4. The van der Waals surface area contributed by atoms with Gasteiger partial charge in [0, 0.05) is 11.8 Å². The largest absolute Gasteiger partial charge is 0.494 e. The van der Waals surface area contributed by atoms with Crippen LogP contribution < -0.4 is 4.74 Å². The number of unbranched alkanes of at least 4 members (excludes halogenated alkanes) is 1. The third kappa shape index (κ3) is 4.68. The number of pyridine rings is 1. The average Bonchev–Trinajstić information content (AvgIpc) is 2.64. The van der Waals surface area contributed by atoms with E-state index in [4.69, 9.17) is 10.00 Å². The van der Waals surface area contributed by atoms with Crippen LogP contribution in [0.4, 0.5) is 0 Å². The van der Waals surface area contributed by atoms with E-state index >= 15 is 0 Å². The van der Waals surface area contributed by atoms with Gasteiger partial charge in [-0.25, -0.2) is 4.98 Å². The van der Waals surface area contributed by atoms with Crippen LogP contribution in [-0.2, 0) is 0 Å². The molecule has 1 heterocycles. The van der Waals surface area contributed by atoms with Crippen molar-refractivity contribution in [1.29, 1.82) is 5.26 Å². The van der Waals surface area contributed by atoms with E-state index in [9.17, 15) is 0 Å². The standard InChI is InChI=1S/C22H20N2O/c1-17-7-12-22-19(15-17)9-11-20(24-22)10-8-18-5-4-6-21(16-18)25-14-3-2-13-23/h4-12,15-16H,2-3,14H2,1H3/b10-8+. The van der Waals surface area contributed by atoms with Crippen LogP contribution in [0, 0.1) is 18.3 Å². The number of nitrogens with zero attached hydrogens (tertiary/aromatic N) is 2. The molecule has 0 atom stereocenters. The molecule has 0 bridgehead atoms. The zero-order valence-electron chi connectivity index (χ0n) is 14.3. The number of hydrogen-bond acceptors (Lipinski definition) is 3. The second-order valence-corrected chi connectivity index (χ2v) is 5.95. The Morgan fingerprint density at radius 2 is 2.00 bits per heavy atom. The van der Waals surface area contributed by atoms with Gasteiger partial charge in [-0.1, -0.05) is 35.9 Å². The molecule has 1 aromatic heterocycles. The maximum absolute atomic E-state index is 8.54. The number of rotatable bonds is 6. The fraction of sp³-hybridized carbons (Fsp3) is 0.182. The van der Waals surface area contributed by atoms with Crippen molar-refractivity contribution in [2.24, 2.45) is 0 Å². The van der Waals surface area contributed by atoms with Gasteiger partial charge in [-0.3, -0.25) is 0 Å². The Morgan fingerprint density at radius 1 is 1.08 bits per heavy atom. The van der Waals surface area contributed by atoms with E-state index in [1.807, 2.05) is 42.5 Å². The van der Waals surface area contributed by atoms with Crippen molar-refractivity contribution in [2.75, 3.05) is 6.61 Å². The molecular weight excluding hydrogens is 308 g/mol. The van der Waals surface area contributed by atoms with Crippen LogP contribution in [0.15, 0.2) is 54.6 Å². The maximum Gasteiger partial charge on any atom is 0.119 e. The van der Waals surface area contributed by atoms with Crippen molar-refractivity contribution in [3.8, 4) is 11.8 Å². The fourth-order valence-corrected chi connectivity index (χ4v) is 2.58. The summed E-state index contributed by atoms with van der Waals surface area (Å²) in [6.07, 6.45) is 5.31. The Kier molecular flexibility index (Phi) is 5.43. The molecule has 3 nitrogen and oxygen atoms in total. The summed E-state index contributed by atoms with van der Waals surface area (Å²) in [6.45, 7) is 2.65. The van der Waals surface area contributed by atoms with Crippen LogP contribution in [0.2, 0.25) is 0 Å². The molecule has 0 unspecified atom stereocenters. The molecule has 0 aliphatic rings. The molecule has 0 amide bonds.